The molecule has 4 fully saturated rings. The molecule has 6 rings (SSSR count). The van der Waals surface area contributed by atoms with Crippen molar-refractivity contribution in [3.63, 3.8) is 0 Å². The number of carbonyl (C=O) groups is 1. The van der Waals surface area contributed by atoms with E-state index in [4.69, 9.17) is 4.74 Å². The summed E-state index contributed by atoms with van der Waals surface area (Å²) in [6.07, 6.45) is 7.48. The van der Waals surface area contributed by atoms with E-state index in [2.05, 4.69) is 17.0 Å². The Morgan fingerprint density at radius 1 is 1.14 bits per heavy atom. The second-order valence-corrected chi connectivity index (χ2v) is 11.3. The molecular weight excluding hydrogens is 376 g/mol. The van der Waals surface area contributed by atoms with Crippen molar-refractivity contribution in [2.24, 2.45) is 23.2 Å². The molecule has 2 N–H and O–H groups in total. The molecular formula is C21H28N2O4S. The third-order valence-corrected chi connectivity index (χ3v) is 9.22. The van der Waals surface area contributed by atoms with Crippen LogP contribution in [0.1, 0.15) is 51.0 Å². The number of hydrogen-bond donors (Lipinski definition) is 2. The van der Waals surface area contributed by atoms with Crippen molar-refractivity contribution in [3.05, 3.63) is 17.7 Å². The highest BCUT2D eigenvalue weighted by Crippen LogP contribution is 2.61. The number of benzene rings is 1. The van der Waals surface area contributed by atoms with Gasteiger partial charge in [0.15, 0.2) is 6.61 Å². The third-order valence-electron chi connectivity index (χ3n) is 7.54. The van der Waals surface area contributed by atoms with Gasteiger partial charge in [-0.1, -0.05) is 0 Å². The molecule has 1 aromatic carbocycles. The van der Waals surface area contributed by atoms with Gasteiger partial charge in [-0.3, -0.25) is 4.79 Å². The maximum Gasteiger partial charge on any atom is 0.262 e. The lowest BCUT2D eigenvalue weighted by Gasteiger charge is -2.59. The zero-order valence-corrected chi connectivity index (χ0v) is 17.3. The zero-order chi connectivity index (χ0) is 19.7. The van der Waals surface area contributed by atoms with Crippen LogP contribution in [0.5, 0.6) is 5.75 Å². The summed E-state index contributed by atoms with van der Waals surface area (Å²) < 4.78 is 34.9. The van der Waals surface area contributed by atoms with Crippen LogP contribution in [0.15, 0.2) is 17.0 Å². The van der Waals surface area contributed by atoms with Crippen molar-refractivity contribution in [3.8, 4) is 5.75 Å². The van der Waals surface area contributed by atoms with Gasteiger partial charge >= 0.3 is 0 Å². The fourth-order valence-electron chi connectivity index (χ4n) is 6.63. The average Bonchev–Trinajstić information content (AvgIpc) is 2.59. The first-order valence-corrected chi connectivity index (χ1v) is 11.8. The normalized spacial score (nSPS) is 34.5. The van der Waals surface area contributed by atoms with Crippen LogP contribution in [0.2, 0.25) is 0 Å². The second-order valence-electron chi connectivity index (χ2n) is 9.57. The van der Waals surface area contributed by atoms with Crippen LogP contribution < -0.4 is 14.8 Å². The highest BCUT2D eigenvalue weighted by atomic mass is 32.2. The maximum atomic E-state index is 13.3. The van der Waals surface area contributed by atoms with E-state index in [9.17, 15) is 13.2 Å². The van der Waals surface area contributed by atoms with E-state index < -0.39 is 10.0 Å². The van der Waals surface area contributed by atoms with E-state index in [1.807, 2.05) is 0 Å². The first kappa shape index (κ1) is 18.4. The summed E-state index contributed by atoms with van der Waals surface area (Å²) in [7, 11) is -3.67. The van der Waals surface area contributed by atoms with Crippen LogP contribution in [0.4, 0.5) is 5.69 Å². The van der Waals surface area contributed by atoms with E-state index in [0.717, 1.165) is 37.0 Å². The summed E-state index contributed by atoms with van der Waals surface area (Å²) in [5.74, 6) is 2.52. The molecule has 1 aromatic rings. The highest BCUT2D eigenvalue weighted by Gasteiger charge is 2.53. The van der Waals surface area contributed by atoms with Gasteiger partial charge in [-0.05, 0) is 87.2 Å². The summed E-state index contributed by atoms with van der Waals surface area (Å²) in [4.78, 5) is 11.7. The zero-order valence-electron chi connectivity index (χ0n) is 16.5. The minimum absolute atomic E-state index is 0.0815. The van der Waals surface area contributed by atoms with Crippen LogP contribution in [-0.4, -0.2) is 27.0 Å². The van der Waals surface area contributed by atoms with Crippen molar-refractivity contribution in [2.75, 3.05) is 11.9 Å². The molecule has 7 heteroatoms. The summed E-state index contributed by atoms with van der Waals surface area (Å²) >= 11 is 0. The average molecular weight is 405 g/mol. The molecule has 4 bridgehead atoms. The quantitative estimate of drug-likeness (QED) is 0.807. The molecule has 0 radical (unpaired) electrons. The number of nitrogens with one attached hydrogen (secondary N) is 2. The maximum absolute atomic E-state index is 13.3. The van der Waals surface area contributed by atoms with E-state index >= 15 is 0 Å². The number of anilines is 1. The lowest BCUT2D eigenvalue weighted by molar-refractivity contribution is -0.118. The first-order valence-electron chi connectivity index (χ1n) is 10.3. The van der Waals surface area contributed by atoms with Gasteiger partial charge in [-0.25, -0.2) is 13.1 Å². The van der Waals surface area contributed by atoms with E-state index in [1.165, 1.54) is 19.3 Å². The summed E-state index contributed by atoms with van der Waals surface area (Å²) in [5.41, 5.74) is 1.24. The Hall–Kier alpha value is -1.60. The number of carbonyl (C=O) groups excluding carboxylic acids is 1. The number of fused-ring (bicyclic) bond motifs is 1. The minimum atomic E-state index is -3.67. The molecule has 0 spiro atoms. The fourth-order valence-corrected chi connectivity index (χ4v) is 8.22. The lowest BCUT2D eigenvalue weighted by Crippen LogP contribution is -2.55. The Morgan fingerprint density at radius 3 is 2.36 bits per heavy atom. The van der Waals surface area contributed by atoms with Crippen molar-refractivity contribution < 1.29 is 17.9 Å². The SMILES string of the molecule is Cc1cc2c(cc1S(=O)(=O)NC(C)C13CC4CC(CC(C4)C1)C3)OCC(=O)N2. The van der Waals surface area contributed by atoms with Gasteiger partial charge in [0.05, 0.1) is 10.6 Å². The predicted octanol–water partition coefficient (Wildman–Crippen LogP) is 3.21. The van der Waals surface area contributed by atoms with Crippen molar-refractivity contribution in [1.82, 2.24) is 4.72 Å². The lowest BCUT2D eigenvalue weighted by atomic mass is 9.48. The van der Waals surface area contributed by atoms with Gasteiger partial charge in [-0.2, -0.15) is 0 Å². The fraction of sp³-hybridized carbons (Fsp3) is 0.667. The molecule has 6 nitrogen and oxygen atoms in total. The van der Waals surface area contributed by atoms with Gasteiger partial charge in [0.1, 0.15) is 5.75 Å². The van der Waals surface area contributed by atoms with E-state index in [0.29, 0.717) is 17.0 Å². The molecule has 4 saturated carbocycles. The predicted molar refractivity (Wildman–Crippen MR) is 106 cm³/mol. The first-order chi connectivity index (χ1) is 13.2. The Kier molecular flexibility index (Phi) is 4.08. The molecule has 1 amide bonds. The van der Waals surface area contributed by atoms with Gasteiger partial charge < -0.3 is 10.1 Å². The number of sulfonamides is 1. The van der Waals surface area contributed by atoms with Crippen molar-refractivity contribution in [1.29, 1.82) is 0 Å². The van der Waals surface area contributed by atoms with Gasteiger partial charge in [0.25, 0.3) is 5.91 Å². The molecule has 28 heavy (non-hydrogen) atoms. The molecule has 152 valence electrons. The van der Waals surface area contributed by atoms with Gasteiger partial charge in [0.2, 0.25) is 10.0 Å². The number of aryl methyl sites for hydroxylation is 1. The third kappa shape index (κ3) is 2.94. The second kappa shape index (κ2) is 6.20. The summed E-state index contributed by atoms with van der Waals surface area (Å²) in [5, 5.41) is 2.73. The van der Waals surface area contributed by atoms with Crippen LogP contribution in [0.25, 0.3) is 0 Å². The Morgan fingerprint density at radius 2 is 1.75 bits per heavy atom. The molecule has 0 saturated heterocycles. The molecule has 0 aromatic heterocycles. The molecule has 1 atom stereocenters. The van der Waals surface area contributed by atoms with Crippen molar-refractivity contribution in [2.45, 2.75) is 63.3 Å². The molecule has 1 aliphatic heterocycles. The number of amides is 1. The van der Waals surface area contributed by atoms with E-state index in [1.54, 1.807) is 19.1 Å². The summed E-state index contributed by atoms with van der Waals surface area (Å²) in [6.45, 7) is 3.72. The monoisotopic (exact) mass is 404 g/mol. The Labute approximate surface area is 166 Å². The van der Waals surface area contributed by atoms with Crippen LogP contribution in [-0.2, 0) is 14.8 Å². The Balaban J connectivity index is 1.41. The van der Waals surface area contributed by atoms with Crippen molar-refractivity contribution >= 4 is 21.6 Å². The van der Waals surface area contributed by atoms with Crippen LogP contribution in [0, 0.1) is 30.1 Å². The molecule has 4 aliphatic carbocycles. The number of ether oxygens (including phenoxy) is 1. The standard InChI is InChI=1S/C21H28N2O4S/c1-12-3-17-18(27-11-20(24)22-17)7-19(12)28(25,26)23-13(2)21-8-14-4-15(9-21)6-16(5-14)10-21/h3,7,13-16,23H,4-6,8-11H2,1-2H3,(H,22,24). The molecule has 5 aliphatic rings. The van der Waals surface area contributed by atoms with Gasteiger partial charge in [0, 0.05) is 12.1 Å². The van der Waals surface area contributed by atoms with Crippen LogP contribution in [0.3, 0.4) is 0 Å². The molecule has 1 unspecified atom stereocenters. The molecule has 1 heterocycles. The topological polar surface area (TPSA) is 84.5 Å². The summed E-state index contributed by atoms with van der Waals surface area (Å²) in [6, 6.07) is 3.14. The minimum Gasteiger partial charge on any atom is -0.482 e. The number of rotatable bonds is 4. The highest BCUT2D eigenvalue weighted by molar-refractivity contribution is 7.89. The van der Waals surface area contributed by atoms with E-state index in [-0.39, 0.29) is 28.9 Å². The smallest absolute Gasteiger partial charge is 0.262 e. The number of hydrogen-bond acceptors (Lipinski definition) is 4. The largest absolute Gasteiger partial charge is 0.482 e. The van der Waals surface area contributed by atoms with Crippen LogP contribution >= 0.6 is 0 Å². The Bertz CT molecular complexity index is 905. The van der Waals surface area contributed by atoms with Gasteiger partial charge in [-0.15, -0.1) is 0 Å².